The summed E-state index contributed by atoms with van der Waals surface area (Å²) in [5.74, 6) is -1.71. The summed E-state index contributed by atoms with van der Waals surface area (Å²) in [7, 11) is 0. The Hall–Kier alpha value is -2.57. The van der Waals surface area contributed by atoms with Gasteiger partial charge in [0.15, 0.2) is 0 Å². The Kier molecular flexibility index (Phi) is 5.43. The molecule has 7 heteroatoms. The van der Waals surface area contributed by atoms with E-state index in [-0.39, 0.29) is 30.4 Å². The Morgan fingerprint density at radius 2 is 1.96 bits per heavy atom. The van der Waals surface area contributed by atoms with Crippen LogP contribution in [0.15, 0.2) is 24.3 Å². The minimum atomic E-state index is -0.876. The maximum Gasteiger partial charge on any atom is 0.319 e. The van der Waals surface area contributed by atoms with E-state index in [4.69, 9.17) is 0 Å². The number of benzene rings is 1. The van der Waals surface area contributed by atoms with Crippen molar-refractivity contribution in [2.75, 3.05) is 18.4 Å². The molecule has 0 saturated carbocycles. The average molecular weight is 333 g/mol. The number of nitrogens with zero attached hydrogens (tertiary/aromatic N) is 1. The number of carbonyl (C=O) groups is 3. The van der Waals surface area contributed by atoms with E-state index >= 15 is 0 Å². The van der Waals surface area contributed by atoms with Crippen LogP contribution in [0.2, 0.25) is 0 Å². The van der Waals surface area contributed by atoms with E-state index in [1.165, 1.54) is 0 Å². The number of anilines is 1. The first-order valence-electron chi connectivity index (χ1n) is 7.97. The van der Waals surface area contributed by atoms with Gasteiger partial charge in [-0.1, -0.05) is 13.0 Å². The van der Waals surface area contributed by atoms with E-state index < -0.39 is 11.9 Å². The normalized spacial score (nSPS) is 20.1. The van der Waals surface area contributed by atoms with Gasteiger partial charge in [0.05, 0.1) is 5.92 Å². The maximum atomic E-state index is 12.6. The molecule has 1 aromatic carbocycles. The number of carboxylic acid groups (broad SMARTS) is 1. The summed E-state index contributed by atoms with van der Waals surface area (Å²) in [5, 5.41) is 14.6. The van der Waals surface area contributed by atoms with Gasteiger partial charge in [-0.2, -0.15) is 0 Å². The molecule has 0 bridgehead atoms. The smallest absolute Gasteiger partial charge is 0.319 e. The molecule has 0 aliphatic carbocycles. The molecule has 0 aromatic heterocycles. The fourth-order valence-corrected chi connectivity index (χ4v) is 2.80. The number of likely N-dealkylation sites (tertiary alicyclic amines) is 1. The van der Waals surface area contributed by atoms with E-state index in [0.29, 0.717) is 17.8 Å². The second kappa shape index (κ2) is 7.33. The van der Waals surface area contributed by atoms with Crippen molar-refractivity contribution in [2.45, 2.75) is 26.8 Å². The number of carbonyl (C=O) groups excluding carboxylic acids is 2. The van der Waals surface area contributed by atoms with Gasteiger partial charge in [-0.3, -0.25) is 9.59 Å². The molecular weight excluding hydrogens is 310 g/mol. The van der Waals surface area contributed by atoms with Crippen LogP contribution in [0.3, 0.4) is 0 Å². The Balaban J connectivity index is 2.07. The first kappa shape index (κ1) is 17.8. The number of hydrogen-bond acceptors (Lipinski definition) is 3. The van der Waals surface area contributed by atoms with Gasteiger partial charge in [-0.15, -0.1) is 0 Å². The quantitative estimate of drug-likeness (QED) is 0.785. The molecule has 3 N–H and O–H groups in total. The van der Waals surface area contributed by atoms with Crippen LogP contribution >= 0.6 is 0 Å². The molecule has 1 aromatic rings. The number of hydrogen-bond donors (Lipinski definition) is 3. The minimum Gasteiger partial charge on any atom is -0.481 e. The number of rotatable bonds is 4. The van der Waals surface area contributed by atoms with Crippen molar-refractivity contribution in [3.8, 4) is 0 Å². The van der Waals surface area contributed by atoms with E-state index in [9.17, 15) is 19.5 Å². The molecule has 0 spiro atoms. The molecule has 7 nitrogen and oxygen atoms in total. The third-order valence-electron chi connectivity index (χ3n) is 4.00. The third-order valence-corrected chi connectivity index (χ3v) is 4.00. The van der Waals surface area contributed by atoms with Gasteiger partial charge in [0.25, 0.3) is 5.91 Å². The lowest BCUT2D eigenvalue weighted by molar-refractivity contribution is -0.142. The van der Waals surface area contributed by atoms with Crippen LogP contribution in [0, 0.1) is 11.8 Å². The lowest BCUT2D eigenvalue weighted by Gasteiger charge is -2.17. The standard InChI is InChI=1S/C17H23N3O4/c1-10(2)18-17(24)19-13-6-4-5-12(7-13)15(21)20-8-11(3)14(9-20)16(22)23/h4-7,10-11,14H,8-9H2,1-3H3,(H,22,23)(H2,18,19,24)/t11-,14-/m1/s1. The molecule has 0 unspecified atom stereocenters. The maximum absolute atomic E-state index is 12.6. The van der Waals surface area contributed by atoms with Crippen molar-refractivity contribution < 1.29 is 19.5 Å². The topological polar surface area (TPSA) is 98.7 Å². The summed E-state index contributed by atoms with van der Waals surface area (Å²) in [6, 6.07) is 6.31. The number of urea groups is 1. The second-order valence-corrected chi connectivity index (χ2v) is 6.47. The van der Waals surface area contributed by atoms with Gasteiger partial charge in [0.1, 0.15) is 0 Å². The van der Waals surface area contributed by atoms with E-state index in [1.54, 1.807) is 29.2 Å². The highest BCUT2D eigenvalue weighted by atomic mass is 16.4. The fourth-order valence-electron chi connectivity index (χ4n) is 2.80. The van der Waals surface area contributed by atoms with Crippen molar-refractivity contribution in [1.82, 2.24) is 10.2 Å². The van der Waals surface area contributed by atoms with Crippen LogP contribution in [-0.4, -0.2) is 47.0 Å². The molecule has 1 fully saturated rings. The van der Waals surface area contributed by atoms with Gasteiger partial charge < -0.3 is 20.6 Å². The van der Waals surface area contributed by atoms with Crippen LogP contribution in [0.1, 0.15) is 31.1 Å². The van der Waals surface area contributed by atoms with Crippen molar-refractivity contribution in [3.05, 3.63) is 29.8 Å². The number of carboxylic acids is 1. The Morgan fingerprint density at radius 3 is 2.54 bits per heavy atom. The van der Waals surface area contributed by atoms with Crippen molar-refractivity contribution in [3.63, 3.8) is 0 Å². The highest BCUT2D eigenvalue weighted by Gasteiger charge is 2.37. The zero-order valence-electron chi connectivity index (χ0n) is 14.1. The molecular formula is C17H23N3O4. The fraction of sp³-hybridized carbons (Fsp3) is 0.471. The summed E-state index contributed by atoms with van der Waals surface area (Å²) in [5.41, 5.74) is 0.941. The van der Waals surface area contributed by atoms with E-state index in [1.807, 2.05) is 20.8 Å². The molecule has 24 heavy (non-hydrogen) atoms. The predicted octanol–water partition coefficient (Wildman–Crippen LogP) is 2.01. The molecule has 1 aliphatic heterocycles. The molecule has 3 amide bonds. The highest BCUT2D eigenvalue weighted by Crippen LogP contribution is 2.25. The Morgan fingerprint density at radius 1 is 1.25 bits per heavy atom. The summed E-state index contributed by atoms with van der Waals surface area (Å²) < 4.78 is 0. The summed E-state index contributed by atoms with van der Waals surface area (Å²) in [4.78, 5) is 37.1. The molecule has 2 rings (SSSR count). The first-order valence-corrected chi connectivity index (χ1v) is 7.97. The number of amides is 3. The first-order chi connectivity index (χ1) is 11.3. The monoisotopic (exact) mass is 333 g/mol. The van der Waals surface area contributed by atoms with Gasteiger partial charge in [-0.25, -0.2) is 4.79 Å². The number of nitrogens with one attached hydrogen (secondary N) is 2. The van der Waals surface area contributed by atoms with Gasteiger partial charge in [0.2, 0.25) is 0 Å². The van der Waals surface area contributed by atoms with Crippen LogP contribution < -0.4 is 10.6 Å². The largest absolute Gasteiger partial charge is 0.481 e. The highest BCUT2D eigenvalue weighted by molar-refractivity contribution is 5.97. The van der Waals surface area contributed by atoms with Crippen molar-refractivity contribution in [2.24, 2.45) is 11.8 Å². The molecule has 2 atom stereocenters. The average Bonchev–Trinajstić information content (AvgIpc) is 2.88. The van der Waals surface area contributed by atoms with Crippen LogP contribution in [-0.2, 0) is 4.79 Å². The Labute approximate surface area is 141 Å². The van der Waals surface area contributed by atoms with Crippen molar-refractivity contribution in [1.29, 1.82) is 0 Å². The zero-order chi connectivity index (χ0) is 17.9. The molecule has 1 heterocycles. The SMILES string of the molecule is CC(C)NC(=O)Nc1cccc(C(=O)N2C[C@@H](C)[C@H](C(=O)O)C2)c1. The summed E-state index contributed by atoms with van der Waals surface area (Å²) in [6.45, 7) is 6.17. The van der Waals surface area contributed by atoms with Crippen LogP contribution in [0.5, 0.6) is 0 Å². The Bertz CT molecular complexity index is 644. The predicted molar refractivity (Wildman–Crippen MR) is 89.9 cm³/mol. The molecule has 0 radical (unpaired) electrons. The number of aliphatic carboxylic acids is 1. The zero-order valence-corrected chi connectivity index (χ0v) is 14.1. The van der Waals surface area contributed by atoms with Gasteiger partial charge in [0, 0.05) is 30.4 Å². The second-order valence-electron chi connectivity index (χ2n) is 6.47. The van der Waals surface area contributed by atoms with E-state index in [0.717, 1.165) is 0 Å². The minimum absolute atomic E-state index is 0.00820. The summed E-state index contributed by atoms with van der Waals surface area (Å²) in [6.07, 6.45) is 0. The lowest BCUT2D eigenvalue weighted by Crippen LogP contribution is -2.34. The lowest BCUT2D eigenvalue weighted by atomic mass is 9.99. The van der Waals surface area contributed by atoms with Gasteiger partial charge in [-0.05, 0) is 38.0 Å². The molecule has 1 saturated heterocycles. The summed E-state index contributed by atoms with van der Waals surface area (Å²) >= 11 is 0. The molecule has 130 valence electrons. The van der Waals surface area contributed by atoms with Gasteiger partial charge >= 0.3 is 12.0 Å². The van der Waals surface area contributed by atoms with Crippen molar-refractivity contribution >= 4 is 23.6 Å². The van der Waals surface area contributed by atoms with Crippen LogP contribution in [0.25, 0.3) is 0 Å². The van der Waals surface area contributed by atoms with E-state index in [2.05, 4.69) is 10.6 Å². The third kappa shape index (κ3) is 4.24. The van der Waals surface area contributed by atoms with Crippen LogP contribution in [0.4, 0.5) is 10.5 Å². The molecule has 1 aliphatic rings.